The van der Waals surface area contributed by atoms with Crippen molar-refractivity contribution in [1.82, 2.24) is 20.2 Å². The van der Waals surface area contributed by atoms with Crippen LogP contribution < -0.4 is 15.5 Å². The molecule has 2 N–H and O–H groups in total. The number of piperazine rings is 1. The van der Waals surface area contributed by atoms with E-state index in [4.69, 9.17) is 0 Å². The van der Waals surface area contributed by atoms with Crippen molar-refractivity contribution in [1.29, 1.82) is 0 Å². The Hall–Kier alpha value is -2.71. The van der Waals surface area contributed by atoms with E-state index in [9.17, 15) is 4.79 Å². The average Bonchev–Trinajstić information content (AvgIpc) is 3.23. The number of hydrogen-bond acceptors (Lipinski definition) is 7. The van der Waals surface area contributed by atoms with Crippen molar-refractivity contribution in [2.24, 2.45) is 0 Å². The summed E-state index contributed by atoms with van der Waals surface area (Å²) in [6.45, 7) is 5.81. The van der Waals surface area contributed by atoms with Gasteiger partial charge in [-0.3, -0.25) is 4.79 Å². The van der Waals surface area contributed by atoms with Gasteiger partial charge in [-0.2, -0.15) is 0 Å². The minimum atomic E-state index is 0.215. The first-order valence-electron chi connectivity index (χ1n) is 12.7. The molecule has 3 fully saturated rings. The lowest BCUT2D eigenvalue weighted by atomic mass is 9.82. The van der Waals surface area contributed by atoms with Crippen LogP contribution in [-0.2, 0) is 0 Å². The lowest BCUT2D eigenvalue weighted by molar-refractivity contribution is 0.0655. The first-order valence-corrected chi connectivity index (χ1v) is 13.5. The number of rotatable bonds is 5. The van der Waals surface area contributed by atoms with Gasteiger partial charge < -0.3 is 20.4 Å². The van der Waals surface area contributed by atoms with E-state index in [1.54, 1.807) is 11.3 Å². The number of pyridine rings is 2. The normalized spacial score (nSPS) is 19.3. The van der Waals surface area contributed by atoms with Crippen LogP contribution in [0.15, 0.2) is 30.6 Å². The summed E-state index contributed by atoms with van der Waals surface area (Å²) >= 11 is 1.63. The molecule has 2 aliphatic heterocycles. The van der Waals surface area contributed by atoms with Crippen LogP contribution >= 0.6 is 11.3 Å². The lowest BCUT2D eigenvalue weighted by Crippen LogP contribution is -2.43. The highest BCUT2D eigenvalue weighted by molar-refractivity contribution is 7.21. The molecule has 7 nitrogen and oxygen atoms in total. The summed E-state index contributed by atoms with van der Waals surface area (Å²) in [4.78, 5) is 27.9. The van der Waals surface area contributed by atoms with Gasteiger partial charge in [-0.1, -0.05) is 19.3 Å². The number of likely N-dealkylation sites (tertiary alicyclic amines) is 1. The first kappa shape index (κ1) is 21.8. The minimum absolute atomic E-state index is 0.215. The van der Waals surface area contributed by atoms with Crippen molar-refractivity contribution in [2.45, 2.75) is 44.4 Å². The molecule has 178 valence electrons. The summed E-state index contributed by atoms with van der Waals surface area (Å²) in [6.07, 6.45) is 11.1. The predicted molar refractivity (Wildman–Crippen MR) is 139 cm³/mol. The quantitative estimate of drug-likeness (QED) is 0.554. The van der Waals surface area contributed by atoms with Crippen LogP contribution in [0, 0.1) is 0 Å². The second-order valence-electron chi connectivity index (χ2n) is 9.65. The average molecular weight is 477 g/mol. The van der Waals surface area contributed by atoms with Crippen LogP contribution in [0.3, 0.4) is 0 Å². The van der Waals surface area contributed by atoms with Crippen molar-refractivity contribution in [3.8, 4) is 0 Å². The van der Waals surface area contributed by atoms with Crippen LogP contribution in [0.1, 0.15) is 59.7 Å². The van der Waals surface area contributed by atoms with Crippen molar-refractivity contribution in [3.63, 3.8) is 0 Å². The van der Waals surface area contributed by atoms with E-state index in [1.165, 1.54) is 43.1 Å². The molecule has 1 amide bonds. The maximum Gasteiger partial charge on any atom is 0.264 e. The van der Waals surface area contributed by atoms with Gasteiger partial charge in [0.15, 0.2) is 0 Å². The molecule has 2 saturated heterocycles. The largest absolute Gasteiger partial charge is 0.368 e. The number of hydrogen-bond donors (Lipinski definition) is 2. The molecule has 5 heterocycles. The van der Waals surface area contributed by atoms with Crippen molar-refractivity contribution in [2.75, 3.05) is 49.5 Å². The number of fused-ring (bicyclic) bond motifs is 1. The van der Waals surface area contributed by atoms with Crippen LogP contribution in [0.2, 0.25) is 0 Å². The molecule has 3 aliphatic rings. The van der Waals surface area contributed by atoms with E-state index in [0.717, 1.165) is 72.6 Å². The zero-order chi connectivity index (χ0) is 22.9. The molecule has 1 aliphatic carbocycles. The van der Waals surface area contributed by atoms with Crippen molar-refractivity contribution < 1.29 is 4.79 Å². The van der Waals surface area contributed by atoms with E-state index in [1.807, 2.05) is 23.4 Å². The molecule has 0 radical (unpaired) electrons. The molecular formula is C26H32N6OS. The van der Waals surface area contributed by atoms with E-state index in [2.05, 4.69) is 37.6 Å². The molecular weight excluding hydrogens is 444 g/mol. The van der Waals surface area contributed by atoms with E-state index >= 15 is 0 Å². The highest BCUT2D eigenvalue weighted by Gasteiger charge is 2.31. The Morgan fingerprint density at radius 2 is 1.76 bits per heavy atom. The van der Waals surface area contributed by atoms with Crippen LogP contribution in [0.5, 0.6) is 0 Å². The third kappa shape index (κ3) is 4.25. The van der Waals surface area contributed by atoms with Gasteiger partial charge in [-0.05, 0) is 48.9 Å². The summed E-state index contributed by atoms with van der Waals surface area (Å²) in [6, 6.07) is 6.29. The molecule has 0 spiro atoms. The highest BCUT2D eigenvalue weighted by Crippen LogP contribution is 2.43. The summed E-state index contributed by atoms with van der Waals surface area (Å²) in [7, 11) is 0. The molecule has 0 bridgehead atoms. The standard InChI is InChI=1S/C26H32N6OS/c33-26(32-11-4-12-32)25-24(18-5-2-1-3-6-18)20-15-23(29-17-21(20)34-25)30-22-8-7-19(16-28-22)31-13-9-27-10-14-31/h7-8,15-18,27H,1-6,9-14H2,(H,28,29,30). The molecule has 3 aromatic rings. The van der Waals surface area contributed by atoms with Gasteiger partial charge in [0.2, 0.25) is 0 Å². The number of aromatic nitrogens is 2. The second-order valence-corrected chi connectivity index (χ2v) is 10.7. The number of nitrogens with zero attached hydrogens (tertiary/aromatic N) is 4. The molecule has 0 atom stereocenters. The lowest BCUT2D eigenvalue weighted by Gasteiger charge is -2.31. The molecule has 0 unspecified atom stereocenters. The Kier molecular flexibility index (Phi) is 6.09. The predicted octanol–water partition coefficient (Wildman–Crippen LogP) is 4.74. The summed E-state index contributed by atoms with van der Waals surface area (Å²) in [5.41, 5.74) is 2.42. The SMILES string of the molecule is O=C(c1sc2cnc(Nc3ccc(N4CCNCC4)cn3)cc2c1C1CCCCC1)N1CCC1. The molecule has 1 saturated carbocycles. The highest BCUT2D eigenvalue weighted by atomic mass is 32.1. The van der Waals surface area contributed by atoms with Crippen molar-refractivity contribution >= 4 is 44.7 Å². The number of carbonyl (C=O) groups is 1. The first-order chi connectivity index (χ1) is 16.8. The summed E-state index contributed by atoms with van der Waals surface area (Å²) < 4.78 is 1.11. The van der Waals surface area contributed by atoms with Gasteiger partial charge in [-0.15, -0.1) is 11.3 Å². The molecule has 34 heavy (non-hydrogen) atoms. The van der Waals surface area contributed by atoms with E-state index in [-0.39, 0.29) is 5.91 Å². The van der Waals surface area contributed by atoms with E-state index < -0.39 is 0 Å². The van der Waals surface area contributed by atoms with Gasteiger partial charge in [0.05, 0.1) is 21.5 Å². The molecule has 0 aromatic carbocycles. The number of carbonyl (C=O) groups excluding carboxylic acids is 1. The fourth-order valence-electron chi connectivity index (χ4n) is 5.41. The monoisotopic (exact) mass is 476 g/mol. The Balaban J connectivity index is 1.29. The Morgan fingerprint density at radius 1 is 0.971 bits per heavy atom. The number of thiophene rings is 1. The number of anilines is 3. The minimum Gasteiger partial charge on any atom is -0.368 e. The molecule has 8 heteroatoms. The zero-order valence-corrected chi connectivity index (χ0v) is 20.4. The van der Waals surface area contributed by atoms with Gasteiger partial charge >= 0.3 is 0 Å². The molecule has 3 aromatic heterocycles. The Morgan fingerprint density at radius 3 is 2.47 bits per heavy atom. The van der Waals surface area contributed by atoms with E-state index in [0.29, 0.717) is 5.92 Å². The molecule has 6 rings (SSSR count). The number of nitrogens with one attached hydrogen (secondary N) is 2. The van der Waals surface area contributed by atoms with Crippen LogP contribution in [0.4, 0.5) is 17.3 Å². The Bertz CT molecular complexity index is 1160. The third-order valence-corrected chi connectivity index (χ3v) is 8.60. The summed E-state index contributed by atoms with van der Waals surface area (Å²) in [5.74, 6) is 2.26. The Labute approximate surface area is 204 Å². The third-order valence-electron chi connectivity index (χ3n) is 7.45. The van der Waals surface area contributed by atoms with Gasteiger partial charge in [-0.25, -0.2) is 9.97 Å². The van der Waals surface area contributed by atoms with Gasteiger partial charge in [0, 0.05) is 50.9 Å². The van der Waals surface area contributed by atoms with Gasteiger partial charge in [0.25, 0.3) is 5.91 Å². The topological polar surface area (TPSA) is 73.4 Å². The maximum atomic E-state index is 13.3. The number of amides is 1. The van der Waals surface area contributed by atoms with Gasteiger partial charge in [0.1, 0.15) is 11.6 Å². The second kappa shape index (κ2) is 9.50. The van der Waals surface area contributed by atoms with Crippen LogP contribution in [0.25, 0.3) is 10.1 Å². The van der Waals surface area contributed by atoms with Crippen LogP contribution in [-0.4, -0.2) is 60.0 Å². The zero-order valence-electron chi connectivity index (χ0n) is 19.6. The van der Waals surface area contributed by atoms with Crippen molar-refractivity contribution in [3.05, 3.63) is 41.0 Å². The summed E-state index contributed by atoms with van der Waals surface area (Å²) in [5, 5.41) is 7.97. The smallest absolute Gasteiger partial charge is 0.264 e. The maximum absolute atomic E-state index is 13.3. The fraction of sp³-hybridized carbons (Fsp3) is 0.500. The fourth-order valence-corrected chi connectivity index (χ4v) is 6.62.